The Kier molecular flexibility index (Phi) is 13.8. The Bertz CT molecular complexity index is 1940. The number of aliphatic hydroxyl groups excluding tert-OH is 2. The summed E-state index contributed by atoms with van der Waals surface area (Å²) in [5, 5.41) is 27.6. The Balaban J connectivity index is 1.32. The fourth-order valence-corrected chi connectivity index (χ4v) is 10.1. The molecule has 3 fully saturated rings. The fourth-order valence-electron chi connectivity index (χ4n) is 10.1. The van der Waals surface area contributed by atoms with Crippen molar-refractivity contribution in [3.63, 3.8) is 0 Å². The van der Waals surface area contributed by atoms with E-state index in [-0.39, 0.29) is 69.2 Å². The molecule has 3 aliphatic heterocycles. The molecule has 8 rings (SSSR count). The lowest BCUT2D eigenvalue weighted by molar-refractivity contribution is -0.258. The van der Waals surface area contributed by atoms with Crippen molar-refractivity contribution in [2.75, 3.05) is 39.8 Å². The van der Waals surface area contributed by atoms with Crippen LogP contribution in [0.25, 0.3) is 0 Å². The van der Waals surface area contributed by atoms with E-state index in [4.69, 9.17) is 38.4 Å². The summed E-state index contributed by atoms with van der Waals surface area (Å²) in [6.07, 6.45) is 12.0. The summed E-state index contributed by atoms with van der Waals surface area (Å²) in [5.74, 6) is -0.0229. The number of rotatable bonds is 19. The fraction of sp³-hybridized carbons (Fsp3) is 0.596. The van der Waals surface area contributed by atoms with Crippen LogP contribution in [0.3, 0.4) is 0 Å². The van der Waals surface area contributed by atoms with Gasteiger partial charge >= 0.3 is 6.09 Å². The van der Waals surface area contributed by atoms with E-state index >= 15 is 0 Å². The monoisotopic (exact) mass is 843 g/mol. The van der Waals surface area contributed by atoms with Crippen LogP contribution in [0, 0.1) is 23.7 Å². The zero-order valence-corrected chi connectivity index (χ0v) is 35.3. The van der Waals surface area contributed by atoms with Gasteiger partial charge < -0.3 is 53.7 Å². The molecule has 6 aliphatic rings. The molecule has 61 heavy (non-hydrogen) atoms. The summed E-state index contributed by atoms with van der Waals surface area (Å²) in [6, 6.07) is 10.6. The molecule has 3 aliphatic carbocycles. The van der Waals surface area contributed by atoms with Gasteiger partial charge in [-0.15, -0.1) is 6.58 Å². The number of unbranched alkanes of at least 4 members (excludes halogenated alkanes) is 2. The van der Waals surface area contributed by atoms with Crippen LogP contribution >= 0.6 is 0 Å². The molecule has 2 amide bonds. The van der Waals surface area contributed by atoms with E-state index in [0.717, 1.165) is 74.5 Å². The number of carbonyl (C=O) groups is 2. The van der Waals surface area contributed by atoms with Gasteiger partial charge in [0.25, 0.3) is 0 Å². The summed E-state index contributed by atoms with van der Waals surface area (Å²) < 4.78 is 37.8. The topological polar surface area (TPSA) is 167 Å². The number of nitrogens with zero attached hydrogens (tertiary/aromatic N) is 2. The van der Waals surface area contributed by atoms with E-state index in [9.17, 15) is 19.8 Å². The van der Waals surface area contributed by atoms with E-state index in [1.807, 2.05) is 42.2 Å². The highest BCUT2D eigenvalue weighted by Gasteiger charge is 2.66. The number of aliphatic hydroxyl groups is 2. The third kappa shape index (κ3) is 9.28. The van der Waals surface area contributed by atoms with Crippen molar-refractivity contribution in [3.05, 3.63) is 71.8 Å². The largest absolute Gasteiger partial charge is 0.459 e. The summed E-state index contributed by atoms with van der Waals surface area (Å²) in [7, 11) is 0. The zero-order valence-electron chi connectivity index (χ0n) is 35.3. The van der Waals surface area contributed by atoms with Crippen molar-refractivity contribution in [2.24, 2.45) is 28.8 Å². The normalized spacial score (nSPS) is 27.9. The van der Waals surface area contributed by atoms with Crippen LogP contribution in [-0.4, -0.2) is 90.7 Å². The molecule has 14 nitrogen and oxygen atoms in total. The second kappa shape index (κ2) is 19.6. The highest BCUT2D eigenvalue weighted by molar-refractivity contribution is 6.03. The second-order valence-electron chi connectivity index (χ2n) is 17.0. The van der Waals surface area contributed by atoms with Gasteiger partial charge in [-0.2, -0.15) is 0 Å². The molecule has 7 atom stereocenters. The van der Waals surface area contributed by atoms with Gasteiger partial charge in [-0.25, -0.2) is 4.79 Å². The van der Waals surface area contributed by atoms with Gasteiger partial charge in [-0.1, -0.05) is 36.2 Å². The maximum absolute atomic E-state index is 14.9. The van der Waals surface area contributed by atoms with Crippen molar-refractivity contribution in [2.45, 2.75) is 115 Å². The number of amides is 2. The standard InChI is InChI=1S/C47H61N3O11/c1-3-22-58-47-41(50(45(53)31-15-16-31)28-30-14-18-39-40(24-30)57-29-56-39)27-37(49-61-42-13-7-10-23-55-42)35-25-32(11-5-8-20-51)34(12-6-9-21-52)43(44(35)47)36-26-33(17-19-38(36)60-47)59-46(54)48-4-2/h3,14,17-19,24-26,31-32,34,41-44,51-52H,1,4-13,15-16,20-23,27-29H2,2H3,(H,48,54). The van der Waals surface area contributed by atoms with Gasteiger partial charge in [0.05, 0.1) is 24.8 Å². The number of benzene rings is 2. The number of carbonyl (C=O) groups excluding carboxylic acids is 2. The van der Waals surface area contributed by atoms with Gasteiger partial charge in [-0.3, -0.25) is 4.79 Å². The lowest BCUT2D eigenvalue weighted by atomic mass is 9.55. The van der Waals surface area contributed by atoms with E-state index in [1.165, 1.54) is 0 Å². The second-order valence-corrected chi connectivity index (χ2v) is 17.0. The molecular formula is C47H61N3O11. The van der Waals surface area contributed by atoms with Crippen LogP contribution in [0.1, 0.15) is 101 Å². The number of nitrogens with one attached hydrogen (secondary N) is 1. The van der Waals surface area contributed by atoms with Crippen LogP contribution in [0.2, 0.25) is 0 Å². The van der Waals surface area contributed by atoms with E-state index in [0.29, 0.717) is 54.7 Å². The number of allylic oxidation sites excluding steroid dienone is 1. The van der Waals surface area contributed by atoms with E-state index in [1.54, 1.807) is 12.1 Å². The number of ether oxygens (including phenoxy) is 6. The Labute approximate surface area is 358 Å². The molecule has 14 heteroatoms. The van der Waals surface area contributed by atoms with Gasteiger partial charge in [0.1, 0.15) is 17.5 Å². The molecule has 0 spiro atoms. The third-order valence-corrected chi connectivity index (χ3v) is 13.0. The minimum absolute atomic E-state index is 0.0112. The van der Waals surface area contributed by atoms with Crippen molar-refractivity contribution in [3.8, 4) is 23.0 Å². The minimum atomic E-state index is -1.42. The molecule has 2 aromatic carbocycles. The number of hydrogen-bond acceptors (Lipinski definition) is 12. The molecular weight excluding hydrogens is 783 g/mol. The number of oxime groups is 1. The molecule has 1 saturated heterocycles. The Morgan fingerprint density at radius 1 is 1.00 bits per heavy atom. The number of fused-ring (bicyclic) bond motifs is 3. The summed E-state index contributed by atoms with van der Waals surface area (Å²) in [5.41, 5.74) is 3.37. The molecule has 2 saturated carbocycles. The highest BCUT2D eigenvalue weighted by atomic mass is 16.8. The molecule has 0 radical (unpaired) electrons. The van der Waals surface area contributed by atoms with Crippen LogP contribution in [-0.2, 0) is 25.7 Å². The summed E-state index contributed by atoms with van der Waals surface area (Å²) in [6.45, 7) is 7.60. The average Bonchev–Trinajstić information content (AvgIpc) is 4.02. The third-order valence-electron chi connectivity index (χ3n) is 13.0. The first kappa shape index (κ1) is 43.0. The van der Waals surface area contributed by atoms with Crippen molar-refractivity contribution in [1.29, 1.82) is 0 Å². The lowest BCUT2D eigenvalue weighted by Crippen LogP contribution is -2.70. The molecule has 330 valence electrons. The van der Waals surface area contributed by atoms with Crippen LogP contribution in [0.15, 0.2) is 65.9 Å². The molecule has 3 heterocycles. The quantitative estimate of drug-likeness (QED) is 0.0749. The van der Waals surface area contributed by atoms with Crippen molar-refractivity contribution in [1.82, 2.24) is 10.2 Å². The van der Waals surface area contributed by atoms with Crippen molar-refractivity contribution >= 4 is 17.7 Å². The van der Waals surface area contributed by atoms with Crippen LogP contribution in [0.5, 0.6) is 23.0 Å². The van der Waals surface area contributed by atoms with Gasteiger partial charge in [0, 0.05) is 56.5 Å². The zero-order chi connectivity index (χ0) is 42.3. The van der Waals surface area contributed by atoms with Gasteiger partial charge in [-0.05, 0) is 112 Å². The number of hydrogen-bond donors (Lipinski definition) is 3. The lowest BCUT2D eigenvalue weighted by Gasteiger charge is -2.60. The Hall–Kier alpha value is -4.63. The first-order valence-electron chi connectivity index (χ1n) is 22.4. The smallest absolute Gasteiger partial charge is 0.412 e. The average molecular weight is 844 g/mol. The SMILES string of the molecule is C=CCOC12Oc3ccc(OC(=O)NCC)cc3C3C(CCCCO)C(CCCCO)C=C(C(=NOC4CCCCO4)CC1N(Cc1ccc4c(c1)OCO4)C(=O)C1CC1)C32. The summed E-state index contributed by atoms with van der Waals surface area (Å²) in [4.78, 5) is 35.9. The van der Waals surface area contributed by atoms with E-state index < -0.39 is 30.1 Å². The molecule has 3 N–H and O–H groups in total. The molecule has 7 unspecified atom stereocenters. The van der Waals surface area contributed by atoms with Crippen LogP contribution in [0.4, 0.5) is 4.79 Å². The molecule has 0 aromatic heterocycles. The highest BCUT2D eigenvalue weighted by Crippen LogP contribution is 2.62. The molecule has 0 bridgehead atoms. The summed E-state index contributed by atoms with van der Waals surface area (Å²) >= 11 is 0. The van der Waals surface area contributed by atoms with Crippen LogP contribution < -0.4 is 24.3 Å². The first-order valence-corrected chi connectivity index (χ1v) is 22.4. The molecule has 2 aromatic rings. The maximum atomic E-state index is 14.9. The van der Waals surface area contributed by atoms with Crippen molar-refractivity contribution < 1.29 is 53.1 Å². The van der Waals surface area contributed by atoms with E-state index in [2.05, 4.69) is 18.0 Å². The Morgan fingerprint density at radius 2 is 1.80 bits per heavy atom. The van der Waals surface area contributed by atoms with Gasteiger partial charge in [0.2, 0.25) is 24.8 Å². The maximum Gasteiger partial charge on any atom is 0.412 e. The predicted octanol–water partition coefficient (Wildman–Crippen LogP) is 7.12. The first-order chi connectivity index (χ1) is 29.9. The predicted molar refractivity (Wildman–Crippen MR) is 225 cm³/mol. The van der Waals surface area contributed by atoms with Gasteiger partial charge in [0.15, 0.2) is 11.5 Å². The Morgan fingerprint density at radius 3 is 2.56 bits per heavy atom. The minimum Gasteiger partial charge on any atom is -0.459 e.